The van der Waals surface area contributed by atoms with E-state index in [1.807, 2.05) is 0 Å². The molecule has 89 heavy (non-hydrogen) atoms. The smallest absolute Gasteiger partial charge is 0.249 e. The van der Waals surface area contributed by atoms with Gasteiger partial charge in [-0.3, -0.25) is 4.79 Å². The van der Waals surface area contributed by atoms with Crippen LogP contribution >= 0.6 is 0 Å². The maximum Gasteiger partial charge on any atom is 0.249 e. The summed E-state index contributed by atoms with van der Waals surface area (Å²) in [5.74, 6) is -0.709. The second-order valence-corrected chi connectivity index (χ2v) is 26.7. The van der Waals surface area contributed by atoms with E-state index in [0.29, 0.717) is 19.3 Å². The summed E-state index contributed by atoms with van der Waals surface area (Å²) in [5.41, 5.74) is 0. The number of aliphatic hydroxyl groups excluding tert-OH is 7. The van der Waals surface area contributed by atoms with Crippen LogP contribution in [0, 0.1) is 0 Å². The molecule has 11 nitrogen and oxygen atoms in total. The van der Waals surface area contributed by atoms with Gasteiger partial charge in [-0.15, -0.1) is 0 Å². The minimum Gasteiger partial charge on any atom is -0.394 e. The van der Waals surface area contributed by atoms with Crippen LogP contribution in [-0.2, 0) is 14.3 Å². The Hall–Kier alpha value is -2.19. The largest absolute Gasteiger partial charge is 0.394 e. The molecule has 8 N–H and O–H groups in total. The van der Waals surface area contributed by atoms with Crippen molar-refractivity contribution in [2.45, 2.75) is 416 Å². The highest BCUT2D eigenvalue weighted by molar-refractivity contribution is 5.80. The summed E-state index contributed by atoms with van der Waals surface area (Å²) in [6, 6.07) is -1.20. The zero-order chi connectivity index (χ0) is 64.6. The van der Waals surface area contributed by atoms with Crippen LogP contribution < -0.4 is 5.32 Å². The van der Waals surface area contributed by atoms with Gasteiger partial charge >= 0.3 is 0 Å². The van der Waals surface area contributed by atoms with E-state index in [2.05, 4.69) is 79.9 Å². The molecule has 9 unspecified atom stereocenters. The van der Waals surface area contributed by atoms with Crippen molar-refractivity contribution in [3.8, 4) is 0 Å². The Morgan fingerprint density at radius 1 is 0.393 bits per heavy atom. The molecule has 0 spiro atoms. The summed E-state index contributed by atoms with van der Waals surface area (Å²) in [4.78, 5) is 13.3. The summed E-state index contributed by atoms with van der Waals surface area (Å²) in [7, 11) is 0. The average molecular weight is 1260 g/mol. The number of rotatable bonds is 67. The van der Waals surface area contributed by atoms with Crippen LogP contribution in [0.25, 0.3) is 0 Å². The Bertz CT molecular complexity index is 1630. The number of amides is 1. The molecule has 1 rings (SSSR count). The molecule has 11 heteroatoms. The maximum atomic E-state index is 13.3. The predicted octanol–water partition coefficient (Wildman–Crippen LogP) is 19.3. The summed E-state index contributed by atoms with van der Waals surface area (Å²) >= 11 is 0. The molecule has 0 bridgehead atoms. The number of ether oxygens (including phenoxy) is 2. The second-order valence-electron chi connectivity index (χ2n) is 26.7. The lowest BCUT2D eigenvalue weighted by molar-refractivity contribution is -0.303. The fourth-order valence-electron chi connectivity index (χ4n) is 12.2. The van der Waals surface area contributed by atoms with E-state index < -0.39 is 74.2 Å². The molecule has 0 aromatic heterocycles. The first-order valence-corrected chi connectivity index (χ1v) is 38.2. The standard InChI is InChI=1S/C78H145NO10/c1-3-5-7-9-11-13-15-17-19-21-23-25-27-29-31-32-33-34-35-36-37-38-39-40-42-44-46-48-50-52-54-56-58-60-62-64-66-71(82)77(87)79-69(68-88-78-76(86)75(85)74(84)72(67-80)89-78)73(83)70(81)65-63-61-59-57-55-53-51-49-47-45-43-41-30-28-26-24-22-20-18-16-14-12-10-8-6-4-2/h31-32,34-35,41,43,49,51,57,59,69-76,78,80-86H,3-30,33,36-40,42,44-48,50,52-56,58,60-68H2,1-2H3,(H,79,87)/b32-31-,35-34-,43-41+,51-49+,59-57+. The van der Waals surface area contributed by atoms with E-state index >= 15 is 0 Å². The zero-order valence-corrected chi connectivity index (χ0v) is 57.9. The zero-order valence-electron chi connectivity index (χ0n) is 57.9. The third kappa shape index (κ3) is 52.8. The molecule has 1 aliphatic heterocycles. The molecule has 1 saturated heterocycles. The lowest BCUT2D eigenvalue weighted by Crippen LogP contribution is -2.60. The number of nitrogens with one attached hydrogen (secondary N) is 1. The minimum atomic E-state index is -1.68. The Kier molecular flexibility index (Phi) is 62.8. The molecule has 1 heterocycles. The lowest BCUT2D eigenvalue weighted by atomic mass is 9.98. The summed E-state index contributed by atoms with van der Waals surface area (Å²) < 4.78 is 11.2. The molecule has 0 aliphatic carbocycles. The first kappa shape index (κ1) is 84.8. The average Bonchev–Trinajstić information content (AvgIpc) is 1.73. The molecule has 0 saturated carbocycles. The van der Waals surface area contributed by atoms with Crippen LogP contribution in [0.5, 0.6) is 0 Å². The van der Waals surface area contributed by atoms with Crippen LogP contribution in [0.3, 0.4) is 0 Å². The molecular weight excluding hydrogens is 1110 g/mol. The molecule has 0 aromatic rings. The van der Waals surface area contributed by atoms with Crippen LogP contribution in [0.4, 0.5) is 0 Å². The Morgan fingerprint density at radius 2 is 0.708 bits per heavy atom. The fraction of sp³-hybridized carbons (Fsp3) is 0.859. The monoisotopic (exact) mass is 1260 g/mol. The van der Waals surface area contributed by atoms with E-state index in [0.717, 1.165) is 51.4 Å². The van der Waals surface area contributed by atoms with Crippen LogP contribution in [-0.4, -0.2) is 110 Å². The molecule has 9 atom stereocenters. The molecular formula is C78H145NO10. The lowest BCUT2D eigenvalue weighted by Gasteiger charge is -2.40. The van der Waals surface area contributed by atoms with Gasteiger partial charge in [0.05, 0.1) is 25.4 Å². The van der Waals surface area contributed by atoms with E-state index in [1.54, 1.807) is 0 Å². The van der Waals surface area contributed by atoms with E-state index in [-0.39, 0.29) is 12.8 Å². The highest BCUT2D eigenvalue weighted by atomic mass is 16.7. The Morgan fingerprint density at radius 3 is 1.07 bits per heavy atom. The van der Waals surface area contributed by atoms with E-state index in [4.69, 9.17) is 9.47 Å². The second kappa shape index (κ2) is 65.9. The quantitative estimate of drug-likeness (QED) is 0.0215. The van der Waals surface area contributed by atoms with Crippen LogP contribution in [0.15, 0.2) is 60.8 Å². The number of hydrogen-bond donors (Lipinski definition) is 8. The van der Waals surface area contributed by atoms with Gasteiger partial charge in [0.15, 0.2) is 6.29 Å². The van der Waals surface area contributed by atoms with Crippen molar-refractivity contribution in [1.82, 2.24) is 5.32 Å². The van der Waals surface area contributed by atoms with Gasteiger partial charge in [-0.1, -0.05) is 325 Å². The van der Waals surface area contributed by atoms with Gasteiger partial charge in [-0.2, -0.15) is 0 Å². The van der Waals surface area contributed by atoms with Gasteiger partial charge in [0.1, 0.15) is 36.6 Å². The molecule has 522 valence electrons. The van der Waals surface area contributed by atoms with Gasteiger partial charge in [-0.05, 0) is 96.3 Å². The minimum absolute atomic E-state index is 0.240. The highest BCUT2D eigenvalue weighted by Gasteiger charge is 2.44. The van der Waals surface area contributed by atoms with E-state index in [9.17, 15) is 40.5 Å². The van der Waals surface area contributed by atoms with Gasteiger partial charge in [-0.25, -0.2) is 0 Å². The Balaban J connectivity index is 2.18. The summed E-state index contributed by atoms with van der Waals surface area (Å²) in [6.45, 7) is 3.49. The number of aliphatic hydroxyl groups is 7. The first-order chi connectivity index (χ1) is 43.7. The van der Waals surface area contributed by atoms with Crippen LogP contribution in [0.1, 0.15) is 361 Å². The van der Waals surface area contributed by atoms with Gasteiger partial charge in [0.2, 0.25) is 5.91 Å². The molecule has 1 aliphatic rings. The first-order valence-electron chi connectivity index (χ1n) is 38.2. The molecule has 1 amide bonds. The van der Waals surface area contributed by atoms with Crippen molar-refractivity contribution in [3.05, 3.63) is 60.8 Å². The number of allylic oxidation sites excluding steroid dienone is 10. The predicted molar refractivity (Wildman–Crippen MR) is 376 cm³/mol. The number of carbonyl (C=O) groups excluding carboxylic acids is 1. The van der Waals surface area contributed by atoms with E-state index in [1.165, 1.54) is 263 Å². The fourth-order valence-corrected chi connectivity index (χ4v) is 12.2. The van der Waals surface area contributed by atoms with Crippen LogP contribution in [0.2, 0.25) is 0 Å². The third-order valence-electron chi connectivity index (χ3n) is 18.2. The van der Waals surface area contributed by atoms with Crippen molar-refractivity contribution in [2.24, 2.45) is 0 Å². The van der Waals surface area contributed by atoms with Gasteiger partial charge < -0.3 is 50.5 Å². The summed E-state index contributed by atoms with van der Waals surface area (Å²) in [6.07, 6.45) is 77.6. The Labute approximate surface area is 548 Å². The topological polar surface area (TPSA) is 189 Å². The summed E-state index contributed by atoms with van der Waals surface area (Å²) in [5, 5.41) is 76.6. The van der Waals surface area contributed by atoms with Crippen molar-refractivity contribution in [3.63, 3.8) is 0 Å². The van der Waals surface area contributed by atoms with Crippen molar-refractivity contribution >= 4 is 5.91 Å². The third-order valence-corrected chi connectivity index (χ3v) is 18.2. The van der Waals surface area contributed by atoms with Crippen molar-refractivity contribution in [2.75, 3.05) is 13.2 Å². The van der Waals surface area contributed by atoms with Gasteiger partial charge in [0.25, 0.3) is 0 Å². The molecule has 0 aromatic carbocycles. The number of hydrogen-bond acceptors (Lipinski definition) is 10. The van der Waals surface area contributed by atoms with Crippen molar-refractivity contribution < 1.29 is 50.0 Å². The van der Waals surface area contributed by atoms with Crippen molar-refractivity contribution in [1.29, 1.82) is 0 Å². The highest BCUT2D eigenvalue weighted by Crippen LogP contribution is 2.24. The maximum absolute atomic E-state index is 13.3. The SMILES string of the molecule is CCCCCCCCCCCCCCC/C=C\C/C=C\CCCCCCCCCCCCCCCCCCC(O)C(=O)NC(COC1OC(CO)C(O)C(O)C1O)C(O)C(O)CCC/C=C/CC/C=C/CC/C=C/CCCCCCCCCCCCCCC. The van der Waals surface area contributed by atoms with Gasteiger partial charge in [0, 0.05) is 0 Å². The normalized spacial score (nSPS) is 18.9. The number of unbranched alkanes of at least 4 members (excludes halogenated alkanes) is 45. The molecule has 1 fully saturated rings. The number of carbonyl (C=O) groups is 1. The molecule has 0 radical (unpaired) electrons.